The Labute approximate surface area is 125 Å². The number of benzene rings is 2. The smallest absolute Gasteiger partial charge is 0.159 e. The van der Waals surface area contributed by atoms with Gasteiger partial charge >= 0.3 is 0 Å². The van der Waals surface area contributed by atoms with Gasteiger partial charge in [0.1, 0.15) is 0 Å². The first-order chi connectivity index (χ1) is 9.04. The highest BCUT2D eigenvalue weighted by Crippen LogP contribution is 2.20. The molecule has 0 fully saturated rings. The maximum absolute atomic E-state index is 11.3. The lowest BCUT2D eigenvalue weighted by molar-refractivity contribution is 0.101. The van der Waals surface area contributed by atoms with Gasteiger partial charge in [-0.25, -0.2) is 0 Å². The second-order valence-electron chi connectivity index (χ2n) is 4.07. The molecule has 2 aromatic rings. The minimum Gasteiger partial charge on any atom is -0.295 e. The first-order valence-corrected chi connectivity index (χ1v) is 6.83. The quantitative estimate of drug-likeness (QED) is 0.569. The Bertz CT molecular complexity index is 632. The Hall–Kier alpha value is -1.45. The number of hydrogen-bond acceptors (Lipinski definition) is 2. The minimum absolute atomic E-state index is 0.0301. The highest BCUT2D eigenvalue weighted by molar-refractivity contribution is 9.10. The van der Waals surface area contributed by atoms with Crippen LogP contribution in [0.3, 0.4) is 0 Å². The maximum Gasteiger partial charge on any atom is 0.159 e. The van der Waals surface area contributed by atoms with Crippen LogP contribution in [0.2, 0.25) is 5.02 Å². The number of ketones is 1. The molecule has 2 rings (SSSR count). The van der Waals surface area contributed by atoms with Crippen molar-refractivity contribution in [3.05, 3.63) is 63.1 Å². The van der Waals surface area contributed by atoms with Gasteiger partial charge in [-0.3, -0.25) is 9.79 Å². The van der Waals surface area contributed by atoms with Gasteiger partial charge in [0.05, 0.1) is 5.69 Å². The van der Waals surface area contributed by atoms with Crippen molar-refractivity contribution in [2.45, 2.75) is 6.92 Å². The molecule has 0 aromatic heterocycles. The van der Waals surface area contributed by atoms with Gasteiger partial charge in [0.25, 0.3) is 0 Å². The van der Waals surface area contributed by atoms with Crippen LogP contribution < -0.4 is 0 Å². The van der Waals surface area contributed by atoms with Gasteiger partial charge in [-0.1, -0.05) is 39.7 Å². The van der Waals surface area contributed by atoms with Gasteiger partial charge in [0.2, 0.25) is 0 Å². The number of rotatable bonds is 3. The van der Waals surface area contributed by atoms with Crippen molar-refractivity contribution in [2.75, 3.05) is 0 Å². The molecule has 0 radical (unpaired) electrons. The van der Waals surface area contributed by atoms with Crippen LogP contribution in [0.5, 0.6) is 0 Å². The third-order valence-electron chi connectivity index (χ3n) is 2.50. The molecule has 0 aliphatic rings. The van der Waals surface area contributed by atoms with E-state index < -0.39 is 0 Å². The summed E-state index contributed by atoms with van der Waals surface area (Å²) in [6, 6.07) is 12.8. The molecule has 2 nitrogen and oxygen atoms in total. The second kappa shape index (κ2) is 6.13. The fraction of sp³-hybridized carbons (Fsp3) is 0.0667. The van der Waals surface area contributed by atoms with Crippen molar-refractivity contribution in [2.24, 2.45) is 4.99 Å². The zero-order chi connectivity index (χ0) is 13.8. The lowest BCUT2D eigenvalue weighted by Crippen LogP contribution is -1.90. The Morgan fingerprint density at radius 3 is 2.74 bits per heavy atom. The van der Waals surface area contributed by atoms with Crippen LogP contribution >= 0.6 is 27.5 Å². The molecule has 2 aromatic carbocycles. The Morgan fingerprint density at radius 2 is 2.05 bits per heavy atom. The van der Waals surface area contributed by atoms with E-state index in [2.05, 4.69) is 20.9 Å². The molecule has 0 N–H and O–H groups in total. The lowest BCUT2D eigenvalue weighted by Gasteiger charge is -1.99. The first kappa shape index (κ1) is 14.0. The molecular formula is C15H11BrClNO. The summed E-state index contributed by atoms with van der Waals surface area (Å²) in [6.07, 6.45) is 1.72. The fourth-order valence-electron chi connectivity index (χ4n) is 1.60. The molecule has 19 heavy (non-hydrogen) atoms. The number of Topliss-reactive ketones (excluding diaryl/α,β-unsaturated/α-hetero) is 1. The number of hydrogen-bond donors (Lipinski definition) is 0. The van der Waals surface area contributed by atoms with E-state index in [1.54, 1.807) is 18.3 Å². The van der Waals surface area contributed by atoms with Gasteiger partial charge in [-0.2, -0.15) is 0 Å². The first-order valence-electron chi connectivity index (χ1n) is 5.66. The van der Waals surface area contributed by atoms with Gasteiger partial charge in [0.15, 0.2) is 5.78 Å². The zero-order valence-corrected chi connectivity index (χ0v) is 12.6. The summed E-state index contributed by atoms with van der Waals surface area (Å²) >= 11 is 9.34. The van der Waals surface area contributed by atoms with Crippen molar-refractivity contribution in [3.8, 4) is 0 Å². The van der Waals surface area contributed by atoms with E-state index >= 15 is 0 Å². The molecule has 0 aliphatic heterocycles. The predicted octanol–water partition coefficient (Wildman–Crippen LogP) is 5.06. The Kier molecular flexibility index (Phi) is 4.51. The highest BCUT2D eigenvalue weighted by atomic mass is 79.9. The van der Waals surface area contributed by atoms with E-state index in [0.29, 0.717) is 10.6 Å². The van der Waals surface area contributed by atoms with Gasteiger partial charge in [0, 0.05) is 21.3 Å². The molecule has 96 valence electrons. The lowest BCUT2D eigenvalue weighted by atomic mass is 10.1. The molecule has 0 atom stereocenters. The number of carbonyl (C=O) groups excluding carboxylic acids is 1. The molecule has 0 saturated heterocycles. The normalized spacial score (nSPS) is 10.9. The monoisotopic (exact) mass is 335 g/mol. The van der Waals surface area contributed by atoms with Crippen molar-refractivity contribution in [1.82, 2.24) is 0 Å². The van der Waals surface area contributed by atoms with Crippen LogP contribution in [-0.2, 0) is 0 Å². The number of carbonyl (C=O) groups is 1. The maximum atomic E-state index is 11.3. The molecule has 0 heterocycles. The summed E-state index contributed by atoms with van der Waals surface area (Å²) in [5.41, 5.74) is 2.29. The van der Waals surface area contributed by atoms with Crippen LogP contribution in [0.25, 0.3) is 0 Å². The zero-order valence-electron chi connectivity index (χ0n) is 10.2. The fourth-order valence-corrected chi connectivity index (χ4v) is 2.49. The molecule has 0 amide bonds. The van der Waals surface area contributed by atoms with E-state index in [1.165, 1.54) is 6.92 Å². The third kappa shape index (κ3) is 4.01. The average molecular weight is 337 g/mol. The third-order valence-corrected chi connectivity index (χ3v) is 3.18. The minimum atomic E-state index is 0.0301. The van der Waals surface area contributed by atoms with Crippen molar-refractivity contribution < 1.29 is 4.79 Å². The molecule has 0 aliphatic carbocycles. The summed E-state index contributed by atoms with van der Waals surface area (Å²) in [4.78, 5) is 15.6. The summed E-state index contributed by atoms with van der Waals surface area (Å²) in [5, 5.41) is 0.647. The molecule has 4 heteroatoms. The van der Waals surface area contributed by atoms with Crippen LogP contribution in [-0.4, -0.2) is 12.0 Å². The topological polar surface area (TPSA) is 29.4 Å². The summed E-state index contributed by atoms with van der Waals surface area (Å²) < 4.78 is 0.902. The summed E-state index contributed by atoms with van der Waals surface area (Å²) in [6.45, 7) is 1.54. The van der Waals surface area contributed by atoms with E-state index in [-0.39, 0.29) is 5.78 Å². The average Bonchev–Trinajstić information content (AvgIpc) is 2.35. The second-order valence-corrected chi connectivity index (χ2v) is 5.42. The molecule has 0 unspecified atom stereocenters. The van der Waals surface area contributed by atoms with E-state index in [9.17, 15) is 4.79 Å². The predicted molar refractivity (Wildman–Crippen MR) is 82.9 cm³/mol. The number of nitrogens with zero attached hydrogens (tertiary/aromatic N) is 1. The molecule has 0 bridgehead atoms. The van der Waals surface area contributed by atoms with Gasteiger partial charge in [-0.05, 0) is 42.8 Å². The van der Waals surface area contributed by atoms with E-state index in [0.717, 1.165) is 15.7 Å². The molecule has 0 spiro atoms. The van der Waals surface area contributed by atoms with Gasteiger partial charge < -0.3 is 0 Å². The van der Waals surface area contributed by atoms with Crippen LogP contribution in [0.15, 0.2) is 51.9 Å². The van der Waals surface area contributed by atoms with Crippen molar-refractivity contribution in [3.63, 3.8) is 0 Å². The Morgan fingerprint density at radius 1 is 1.26 bits per heavy atom. The van der Waals surface area contributed by atoms with Crippen LogP contribution in [0.1, 0.15) is 22.8 Å². The molecular weight excluding hydrogens is 326 g/mol. The van der Waals surface area contributed by atoms with E-state index in [4.69, 9.17) is 11.6 Å². The van der Waals surface area contributed by atoms with Crippen LogP contribution in [0.4, 0.5) is 5.69 Å². The highest BCUT2D eigenvalue weighted by Gasteiger charge is 1.99. The number of aliphatic imine (C=N–C) groups is 1. The SMILES string of the molecule is CC(=O)c1cccc(N=Cc2cc(Cl)cc(Br)c2)c1. The number of halogens is 2. The van der Waals surface area contributed by atoms with Crippen molar-refractivity contribution in [1.29, 1.82) is 0 Å². The standard InChI is InChI=1S/C15H11BrClNO/c1-10(19)12-3-2-4-15(7-12)18-9-11-5-13(16)8-14(17)6-11/h2-9H,1H3. The molecule has 0 saturated carbocycles. The van der Waals surface area contributed by atoms with Crippen LogP contribution in [0, 0.1) is 0 Å². The summed E-state index contributed by atoms with van der Waals surface area (Å²) in [5.74, 6) is 0.0301. The van der Waals surface area contributed by atoms with Gasteiger partial charge in [-0.15, -0.1) is 0 Å². The Balaban J connectivity index is 2.27. The summed E-state index contributed by atoms with van der Waals surface area (Å²) in [7, 11) is 0. The largest absolute Gasteiger partial charge is 0.295 e. The van der Waals surface area contributed by atoms with Crippen molar-refractivity contribution >= 4 is 45.2 Å². The van der Waals surface area contributed by atoms with E-state index in [1.807, 2.05) is 30.3 Å².